The third-order valence-electron chi connectivity index (χ3n) is 5.02. The summed E-state index contributed by atoms with van der Waals surface area (Å²) in [5.74, 6) is 1.06. The van der Waals surface area contributed by atoms with Crippen LogP contribution in [-0.2, 0) is 4.79 Å². The number of carbonyl (C=O) groups is 1. The molecule has 1 saturated carbocycles. The molecular formula is C31H43N3O2S. The van der Waals surface area contributed by atoms with E-state index in [1.807, 2.05) is 78.2 Å². The van der Waals surface area contributed by atoms with Gasteiger partial charge in [0.15, 0.2) is 5.16 Å². The number of esters is 1. The Morgan fingerprint density at radius 3 is 2.05 bits per heavy atom. The van der Waals surface area contributed by atoms with Crippen molar-refractivity contribution in [3.63, 3.8) is 0 Å². The summed E-state index contributed by atoms with van der Waals surface area (Å²) in [5.41, 5.74) is 2.44. The second kappa shape index (κ2) is 18.2. The molecule has 0 N–H and O–H groups in total. The average molecular weight is 522 g/mol. The van der Waals surface area contributed by atoms with Crippen molar-refractivity contribution in [3.05, 3.63) is 78.6 Å². The van der Waals surface area contributed by atoms with E-state index in [1.54, 1.807) is 18.5 Å². The summed E-state index contributed by atoms with van der Waals surface area (Å²) in [7, 11) is 0. The SMILES string of the molecule is CC.CC.CC.CC.O=C(CSc1nncn1-c1ccc(C2CC2)c2ccccc12)Oc1ccccc1. The molecule has 200 valence electrons. The van der Waals surface area contributed by atoms with Crippen molar-refractivity contribution in [1.82, 2.24) is 14.8 Å². The average Bonchev–Trinajstić information content (AvgIpc) is 3.73. The molecule has 0 amide bonds. The van der Waals surface area contributed by atoms with Crippen LogP contribution in [0.25, 0.3) is 16.5 Å². The van der Waals surface area contributed by atoms with E-state index in [1.165, 1.54) is 40.9 Å². The van der Waals surface area contributed by atoms with Gasteiger partial charge in [-0.15, -0.1) is 10.2 Å². The highest BCUT2D eigenvalue weighted by atomic mass is 32.2. The predicted octanol–water partition coefficient (Wildman–Crippen LogP) is 9.10. The van der Waals surface area contributed by atoms with Gasteiger partial charge in [0.2, 0.25) is 0 Å². The number of fused-ring (bicyclic) bond motifs is 1. The van der Waals surface area contributed by atoms with Crippen LogP contribution in [-0.4, -0.2) is 26.5 Å². The Balaban J connectivity index is 0.000000784. The third kappa shape index (κ3) is 9.04. The number of hydrogen-bond donors (Lipinski definition) is 0. The Hall–Kier alpha value is -3.12. The fourth-order valence-electron chi connectivity index (χ4n) is 3.53. The minimum atomic E-state index is -0.315. The van der Waals surface area contributed by atoms with Gasteiger partial charge in [-0.3, -0.25) is 9.36 Å². The van der Waals surface area contributed by atoms with Crippen molar-refractivity contribution in [1.29, 1.82) is 0 Å². The summed E-state index contributed by atoms with van der Waals surface area (Å²) in [6.45, 7) is 16.0. The van der Waals surface area contributed by atoms with Gasteiger partial charge in [0.05, 0.1) is 11.4 Å². The third-order valence-corrected chi connectivity index (χ3v) is 5.94. The number of ether oxygens (including phenoxy) is 1. The van der Waals surface area contributed by atoms with Gasteiger partial charge in [-0.1, -0.05) is 116 Å². The zero-order chi connectivity index (χ0) is 27.6. The van der Waals surface area contributed by atoms with Crippen LogP contribution in [0.5, 0.6) is 5.75 Å². The lowest BCUT2D eigenvalue weighted by Crippen LogP contribution is -2.11. The minimum absolute atomic E-state index is 0.158. The molecule has 6 heteroatoms. The molecule has 0 bridgehead atoms. The van der Waals surface area contributed by atoms with E-state index in [0.29, 0.717) is 16.8 Å². The number of carbonyl (C=O) groups excluding carboxylic acids is 1. The van der Waals surface area contributed by atoms with Crippen LogP contribution >= 0.6 is 11.8 Å². The molecule has 0 aliphatic heterocycles. The standard InChI is InChI=1S/C23H19N3O2S.4C2H6/c27-22(28-17-6-2-1-3-7-17)14-29-23-25-24-15-26(23)21-13-12-18(16-10-11-16)19-8-4-5-9-20(19)21;4*1-2/h1-9,12-13,15-16H,10-11,14H2;4*1-2H3. The van der Waals surface area contributed by atoms with Crippen molar-refractivity contribution >= 4 is 28.5 Å². The molecule has 1 aromatic heterocycles. The first-order valence-corrected chi connectivity index (χ1v) is 14.6. The summed E-state index contributed by atoms with van der Waals surface area (Å²) in [6, 6.07) is 21.9. The number of nitrogens with zero attached hydrogens (tertiary/aromatic N) is 3. The van der Waals surface area contributed by atoms with E-state index >= 15 is 0 Å². The van der Waals surface area contributed by atoms with Gasteiger partial charge in [0, 0.05) is 5.39 Å². The number of hydrogen-bond acceptors (Lipinski definition) is 5. The van der Waals surface area contributed by atoms with Crippen molar-refractivity contribution in [3.8, 4) is 11.4 Å². The molecule has 5 nitrogen and oxygen atoms in total. The number of thioether (sulfide) groups is 1. The van der Waals surface area contributed by atoms with E-state index in [-0.39, 0.29) is 11.7 Å². The van der Waals surface area contributed by atoms with Gasteiger partial charge >= 0.3 is 5.97 Å². The number of rotatable bonds is 6. The molecule has 1 aliphatic carbocycles. The molecule has 0 atom stereocenters. The number of aromatic nitrogens is 3. The molecule has 0 radical (unpaired) electrons. The zero-order valence-corrected chi connectivity index (χ0v) is 24.5. The molecule has 1 fully saturated rings. The highest BCUT2D eigenvalue weighted by molar-refractivity contribution is 7.99. The quantitative estimate of drug-likeness (QED) is 0.144. The van der Waals surface area contributed by atoms with Crippen LogP contribution in [0.1, 0.15) is 79.7 Å². The lowest BCUT2D eigenvalue weighted by Gasteiger charge is -2.13. The molecule has 1 heterocycles. The highest BCUT2D eigenvalue weighted by Gasteiger charge is 2.26. The van der Waals surface area contributed by atoms with Crippen LogP contribution in [0.3, 0.4) is 0 Å². The molecule has 4 aromatic rings. The Morgan fingerprint density at radius 2 is 1.43 bits per heavy atom. The Bertz CT molecular complexity index is 1170. The summed E-state index contributed by atoms with van der Waals surface area (Å²) in [4.78, 5) is 12.2. The Kier molecular flexibility index (Phi) is 15.7. The molecule has 5 rings (SSSR count). The normalized spacial score (nSPS) is 11.2. The second-order valence-electron chi connectivity index (χ2n) is 7.05. The van der Waals surface area contributed by atoms with Crippen molar-refractivity contribution in [2.45, 2.75) is 79.3 Å². The van der Waals surface area contributed by atoms with Crippen LogP contribution in [0.15, 0.2) is 78.2 Å². The van der Waals surface area contributed by atoms with E-state index in [9.17, 15) is 4.79 Å². The second-order valence-corrected chi connectivity index (χ2v) is 8.00. The molecule has 0 saturated heterocycles. The van der Waals surface area contributed by atoms with E-state index in [4.69, 9.17) is 4.74 Å². The topological polar surface area (TPSA) is 57.0 Å². The van der Waals surface area contributed by atoms with Crippen molar-refractivity contribution < 1.29 is 9.53 Å². The summed E-state index contributed by atoms with van der Waals surface area (Å²) in [6.07, 6.45) is 4.23. The lowest BCUT2D eigenvalue weighted by molar-refractivity contribution is -0.131. The van der Waals surface area contributed by atoms with E-state index in [2.05, 4.69) is 46.6 Å². The Labute approximate surface area is 227 Å². The van der Waals surface area contributed by atoms with Crippen LogP contribution in [0, 0.1) is 0 Å². The van der Waals surface area contributed by atoms with E-state index in [0.717, 1.165) is 5.69 Å². The molecule has 1 aliphatic rings. The summed E-state index contributed by atoms with van der Waals surface area (Å²) >= 11 is 1.32. The van der Waals surface area contributed by atoms with Gasteiger partial charge in [-0.25, -0.2) is 0 Å². The molecule has 3 aromatic carbocycles. The number of para-hydroxylation sites is 1. The van der Waals surface area contributed by atoms with Gasteiger partial charge in [-0.05, 0) is 47.9 Å². The fraction of sp³-hybridized carbons (Fsp3) is 0.387. The summed E-state index contributed by atoms with van der Waals surface area (Å²) in [5, 5.41) is 11.4. The Morgan fingerprint density at radius 1 is 0.838 bits per heavy atom. The minimum Gasteiger partial charge on any atom is -0.426 e. The van der Waals surface area contributed by atoms with Crippen LogP contribution < -0.4 is 4.74 Å². The predicted molar refractivity (Wildman–Crippen MR) is 159 cm³/mol. The maximum atomic E-state index is 12.2. The first kappa shape index (κ1) is 31.9. The first-order valence-electron chi connectivity index (χ1n) is 13.6. The molecular weight excluding hydrogens is 478 g/mol. The van der Waals surface area contributed by atoms with Gasteiger partial charge in [0.25, 0.3) is 0 Å². The lowest BCUT2D eigenvalue weighted by atomic mass is 9.99. The number of benzene rings is 3. The highest BCUT2D eigenvalue weighted by Crippen LogP contribution is 2.44. The van der Waals surface area contributed by atoms with Crippen molar-refractivity contribution in [2.75, 3.05) is 5.75 Å². The molecule has 0 unspecified atom stereocenters. The monoisotopic (exact) mass is 521 g/mol. The summed E-state index contributed by atoms with van der Waals surface area (Å²) < 4.78 is 7.30. The largest absolute Gasteiger partial charge is 0.426 e. The smallest absolute Gasteiger partial charge is 0.321 e. The molecule has 0 spiro atoms. The zero-order valence-electron chi connectivity index (χ0n) is 23.7. The van der Waals surface area contributed by atoms with Crippen LogP contribution in [0.4, 0.5) is 0 Å². The maximum absolute atomic E-state index is 12.2. The van der Waals surface area contributed by atoms with Crippen LogP contribution in [0.2, 0.25) is 0 Å². The van der Waals surface area contributed by atoms with E-state index < -0.39 is 0 Å². The first-order chi connectivity index (χ1) is 18.3. The van der Waals surface area contributed by atoms with Gasteiger partial charge in [0.1, 0.15) is 12.1 Å². The van der Waals surface area contributed by atoms with Gasteiger partial charge in [-0.2, -0.15) is 0 Å². The maximum Gasteiger partial charge on any atom is 0.321 e. The fourth-order valence-corrected chi connectivity index (χ4v) is 4.22. The van der Waals surface area contributed by atoms with Crippen molar-refractivity contribution in [2.24, 2.45) is 0 Å². The molecule has 37 heavy (non-hydrogen) atoms. The van der Waals surface area contributed by atoms with Gasteiger partial charge < -0.3 is 4.74 Å².